The van der Waals surface area contributed by atoms with Gasteiger partial charge < -0.3 is 15.0 Å². The summed E-state index contributed by atoms with van der Waals surface area (Å²) < 4.78 is 35.7. The average Bonchev–Trinajstić information content (AvgIpc) is 3.07. The Labute approximate surface area is 279 Å². The van der Waals surface area contributed by atoms with Crippen molar-refractivity contribution < 1.29 is 22.7 Å². The fourth-order valence-electron chi connectivity index (χ4n) is 5.26. The van der Waals surface area contributed by atoms with Crippen molar-refractivity contribution in [3.63, 3.8) is 0 Å². The van der Waals surface area contributed by atoms with Crippen LogP contribution in [0.15, 0.2) is 108 Å². The number of rotatable bonds is 15. The lowest BCUT2D eigenvalue weighted by molar-refractivity contribution is -0.140. The first kappa shape index (κ1) is 35.2. The summed E-state index contributed by atoms with van der Waals surface area (Å²) in [5, 5.41) is 3.07. The van der Waals surface area contributed by atoms with Crippen molar-refractivity contribution in [2.24, 2.45) is 0 Å². The molecule has 0 bridgehead atoms. The molecule has 0 aliphatic rings. The number of carbonyl (C=O) groups excluding carboxylic acids is 2. The van der Waals surface area contributed by atoms with Crippen LogP contribution in [-0.2, 0) is 32.6 Å². The van der Waals surface area contributed by atoms with Gasteiger partial charge in [-0.2, -0.15) is 0 Å². The van der Waals surface area contributed by atoms with E-state index >= 15 is 0 Å². The Bertz CT molecular complexity index is 1740. The minimum atomic E-state index is -4.24. The first-order valence-corrected chi connectivity index (χ1v) is 17.5. The Morgan fingerprint density at radius 3 is 2.13 bits per heavy atom. The van der Waals surface area contributed by atoms with Crippen LogP contribution < -0.4 is 14.4 Å². The summed E-state index contributed by atoms with van der Waals surface area (Å²) in [4.78, 5) is 30.3. The number of benzene rings is 4. The van der Waals surface area contributed by atoms with E-state index in [0.29, 0.717) is 18.8 Å². The van der Waals surface area contributed by atoms with E-state index in [2.05, 4.69) is 5.32 Å². The van der Waals surface area contributed by atoms with Gasteiger partial charge in [-0.15, -0.1) is 0 Å². The van der Waals surface area contributed by atoms with Crippen LogP contribution >= 0.6 is 0 Å². The number of anilines is 1. The summed E-state index contributed by atoms with van der Waals surface area (Å²) in [7, 11) is -4.24. The van der Waals surface area contributed by atoms with Gasteiger partial charge in [0.1, 0.15) is 18.3 Å². The second-order valence-corrected chi connectivity index (χ2v) is 13.6. The van der Waals surface area contributed by atoms with Crippen LogP contribution in [0, 0.1) is 13.8 Å². The first-order chi connectivity index (χ1) is 22.5. The summed E-state index contributed by atoms with van der Waals surface area (Å²) >= 11 is 0. The number of nitrogens with zero attached hydrogens (tertiary/aromatic N) is 2. The molecule has 2 amide bonds. The fourth-order valence-corrected chi connectivity index (χ4v) is 6.68. The van der Waals surface area contributed by atoms with Gasteiger partial charge >= 0.3 is 0 Å². The van der Waals surface area contributed by atoms with Gasteiger partial charge in [0.2, 0.25) is 11.8 Å². The molecule has 4 aromatic carbocycles. The second-order valence-electron chi connectivity index (χ2n) is 11.7. The molecule has 0 heterocycles. The molecule has 47 heavy (non-hydrogen) atoms. The van der Waals surface area contributed by atoms with Gasteiger partial charge in [-0.1, -0.05) is 91.3 Å². The van der Waals surface area contributed by atoms with Crippen molar-refractivity contribution in [1.82, 2.24) is 10.2 Å². The van der Waals surface area contributed by atoms with E-state index in [1.807, 2.05) is 89.2 Å². The van der Waals surface area contributed by atoms with Crippen molar-refractivity contribution in [2.45, 2.75) is 71.0 Å². The van der Waals surface area contributed by atoms with Crippen LogP contribution in [0.3, 0.4) is 0 Å². The lowest BCUT2D eigenvalue weighted by atomic mass is 10.0. The molecule has 4 aromatic rings. The number of aryl methyl sites for hydroxylation is 2. The predicted molar refractivity (Wildman–Crippen MR) is 187 cm³/mol. The average molecular weight is 656 g/mol. The molecule has 0 radical (unpaired) electrons. The van der Waals surface area contributed by atoms with Gasteiger partial charge in [-0.05, 0) is 75.1 Å². The molecule has 0 aliphatic carbocycles. The van der Waals surface area contributed by atoms with Crippen LogP contribution in [0.4, 0.5) is 5.69 Å². The van der Waals surface area contributed by atoms with Crippen molar-refractivity contribution in [3.8, 4) is 5.75 Å². The highest BCUT2D eigenvalue weighted by Crippen LogP contribution is 2.33. The maximum absolute atomic E-state index is 14.7. The SMILES string of the molecule is CCOc1ccccc1N(CC(=O)N(Cc1ccccc1C)C(Cc1ccccc1)C(=O)NC(C)CC)S(=O)(=O)c1ccc(C)cc1. The zero-order valence-electron chi connectivity index (χ0n) is 27.8. The maximum atomic E-state index is 14.7. The van der Waals surface area contributed by atoms with Crippen molar-refractivity contribution >= 4 is 27.5 Å². The van der Waals surface area contributed by atoms with E-state index in [9.17, 15) is 18.0 Å². The van der Waals surface area contributed by atoms with Gasteiger partial charge in [-0.25, -0.2) is 8.42 Å². The van der Waals surface area contributed by atoms with Crippen LogP contribution in [0.5, 0.6) is 5.75 Å². The molecular weight excluding hydrogens is 611 g/mol. The van der Waals surface area contributed by atoms with Gasteiger partial charge in [0.25, 0.3) is 10.0 Å². The minimum Gasteiger partial charge on any atom is -0.492 e. The Kier molecular flexibility index (Phi) is 12.2. The molecule has 0 fully saturated rings. The summed E-state index contributed by atoms with van der Waals surface area (Å²) in [5.41, 5.74) is 3.84. The normalized spacial score (nSPS) is 12.5. The lowest BCUT2D eigenvalue weighted by Gasteiger charge is -2.35. The molecule has 2 unspecified atom stereocenters. The highest BCUT2D eigenvalue weighted by Gasteiger charge is 2.36. The zero-order chi connectivity index (χ0) is 34.0. The number of carbonyl (C=O) groups is 2. The summed E-state index contributed by atoms with van der Waals surface area (Å²) in [6, 6.07) is 29.5. The van der Waals surface area contributed by atoms with E-state index in [1.54, 1.807) is 36.4 Å². The molecule has 8 nitrogen and oxygen atoms in total. The summed E-state index contributed by atoms with van der Waals surface area (Å²) in [5.74, 6) is -0.484. The van der Waals surface area contributed by atoms with Gasteiger partial charge in [0.15, 0.2) is 0 Å². The van der Waals surface area contributed by atoms with Gasteiger partial charge in [0.05, 0.1) is 17.2 Å². The minimum absolute atomic E-state index is 0.0444. The molecule has 0 saturated carbocycles. The molecule has 0 saturated heterocycles. The summed E-state index contributed by atoms with van der Waals surface area (Å²) in [6.45, 7) is 9.42. The number of sulfonamides is 1. The molecular formula is C38H45N3O5S. The molecule has 0 spiro atoms. The fraction of sp³-hybridized carbons (Fsp3) is 0.316. The quantitative estimate of drug-likeness (QED) is 0.159. The van der Waals surface area contributed by atoms with Crippen LogP contribution in [-0.4, -0.2) is 50.4 Å². The topological polar surface area (TPSA) is 96.0 Å². The Balaban J connectivity index is 1.85. The third kappa shape index (κ3) is 9.01. The Morgan fingerprint density at radius 2 is 1.47 bits per heavy atom. The first-order valence-electron chi connectivity index (χ1n) is 16.0. The van der Waals surface area contributed by atoms with Crippen molar-refractivity contribution in [1.29, 1.82) is 0 Å². The summed E-state index contributed by atoms with van der Waals surface area (Å²) in [6.07, 6.45) is 0.966. The highest BCUT2D eigenvalue weighted by molar-refractivity contribution is 7.92. The second kappa shape index (κ2) is 16.3. The van der Waals surface area contributed by atoms with Gasteiger partial charge in [-0.3, -0.25) is 13.9 Å². The highest BCUT2D eigenvalue weighted by atomic mass is 32.2. The third-order valence-electron chi connectivity index (χ3n) is 8.20. The molecule has 9 heteroatoms. The predicted octanol–water partition coefficient (Wildman–Crippen LogP) is 6.45. The number of nitrogens with one attached hydrogen (secondary N) is 1. The Morgan fingerprint density at radius 1 is 0.830 bits per heavy atom. The molecule has 248 valence electrons. The molecule has 1 N–H and O–H groups in total. The zero-order valence-corrected chi connectivity index (χ0v) is 28.7. The van der Waals surface area contributed by atoms with Crippen LogP contribution in [0.1, 0.15) is 49.4 Å². The lowest BCUT2D eigenvalue weighted by Crippen LogP contribution is -2.54. The number of hydrogen-bond donors (Lipinski definition) is 1. The maximum Gasteiger partial charge on any atom is 0.264 e. The number of ether oxygens (including phenoxy) is 1. The van der Waals surface area contributed by atoms with E-state index in [4.69, 9.17) is 4.74 Å². The van der Waals surface area contributed by atoms with E-state index in [-0.39, 0.29) is 35.5 Å². The monoisotopic (exact) mass is 655 g/mol. The Hall–Kier alpha value is -4.63. The molecule has 0 aromatic heterocycles. The molecule has 4 rings (SSSR count). The smallest absolute Gasteiger partial charge is 0.264 e. The number of para-hydroxylation sites is 2. The third-order valence-corrected chi connectivity index (χ3v) is 9.97. The molecule has 0 aliphatic heterocycles. The number of hydrogen-bond acceptors (Lipinski definition) is 5. The van der Waals surface area contributed by atoms with Crippen molar-refractivity contribution in [3.05, 3.63) is 125 Å². The van der Waals surface area contributed by atoms with Crippen molar-refractivity contribution in [2.75, 3.05) is 17.5 Å². The van der Waals surface area contributed by atoms with E-state index < -0.39 is 28.5 Å². The molecule has 2 atom stereocenters. The van der Waals surface area contributed by atoms with E-state index in [0.717, 1.165) is 26.6 Å². The largest absolute Gasteiger partial charge is 0.492 e. The number of amides is 2. The van der Waals surface area contributed by atoms with E-state index in [1.165, 1.54) is 17.0 Å². The van der Waals surface area contributed by atoms with Crippen LogP contribution in [0.2, 0.25) is 0 Å². The van der Waals surface area contributed by atoms with Crippen LogP contribution in [0.25, 0.3) is 0 Å². The standard InChI is InChI=1S/C38H45N3O5S/c1-6-30(5)39-38(43)35(25-31-16-9-8-10-17-31)40(26-32-18-12-11-15-29(32)4)37(42)27-41(34-19-13-14-20-36(34)46-7-2)47(44,45)33-23-21-28(3)22-24-33/h8-24,30,35H,6-7,25-27H2,1-5H3,(H,39,43). The van der Waals surface area contributed by atoms with Gasteiger partial charge in [0, 0.05) is 19.0 Å².